The van der Waals surface area contributed by atoms with E-state index in [0.29, 0.717) is 0 Å². The number of unbranched alkanes of at least 4 members (excludes halogenated alkanes) is 2. The molecule has 0 heterocycles. The Balaban J connectivity index is 0.000000543. The largest absolute Gasteiger partial charge is 0.184 e. The molecule has 2 radical (unpaired) electrons. The van der Waals surface area contributed by atoms with Crippen molar-refractivity contribution in [3.63, 3.8) is 0 Å². The van der Waals surface area contributed by atoms with Crippen LogP contribution in [0.25, 0.3) is 21.5 Å². The van der Waals surface area contributed by atoms with Gasteiger partial charge in [0.1, 0.15) is 0 Å². The molecule has 6 aromatic rings. The Morgan fingerprint density at radius 1 is 0.548 bits per heavy atom. The summed E-state index contributed by atoms with van der Waals surface area (Å²) in [7, 11) is 0. The summed E-state index contributed by atoms with van der Waals surface area (Å²) in [5.41, 5.74) is 2.98. The molecule has 0 nitrogen and oxygen atoms in total. The Bertz CT molecular complexity index is 1180. The van der Waals surface area contributed by atoms with Crippen LogP contribution in [-0.4, -0.2) is 6.88 Å². The van der Waals surface area contributed by atoms with Gasteiger partial charge in [-0.3, -0.25) is 0 Å². The van der Waals surface area contributed by atoms with Crippen molar-refractivity contribution in [2.24, 2.45) is 0 Å². The van der Waals surface area contributed by atoms with E-state index in [0.717, 1.165) is 0 Å². The van der Waals surface area contributed by atoms with Crippen molar-refractivity contribution in [2.75, 3.05) is 0 Å². The maximum absolute atomic E-state index is 3.06. The second kappa shape index (κ2) is 26.4. The van der Waals surface area contributed by atoms with Gasteiger partial charge in [-0.2, -0.15) is 84.9 Å². The van der Waals surface area contributed by atoms with Crippen LogP contribution in [0.3, 0.4) is 0 Å². The summed E-state index contributed by atoms with van der Waals surface area (Å²) in [5.74, 6) is 0. The predicted molar refractivity (Wildman–Crippen MR) is 187 cm³/mol. The zero-order valence-electron chi connectivity index (χ0n) is 24.8. The normalized spacial score (nSPS) is 9.07. The topological polar surface area (TPSA) is 0 Å². The van der Waals surface area contributed by atoms with Gasteiger partial charge in [0.2, 0.25) is 0 Å². The third-order valence-corrected chi connectivity index (χ3v) is 6.21. The molecule has 6 aromatic carbocycles. The molecule has 0 amide bonds. The van der Waals surface area contributed by atoms with E-state index in [2.05, 4.69) is 106 Å². The molecule has 0 fully saturated rings. The van der Waals surface area contributed by atoms with Gasteiger partial charge in [0.15, 0.2) is 0 Å². The van der Waals surface area contributed by atoms with E-state index in [4.69, 9.17) is 0 Å². The molecule has 0 N–H and O–H groups in total. The molecule has 4 heteroatoms. The number of rotatable bonds is 6. The van der Waals surface area contributed by atoms with Crippen molar-refractivity contribution < 1.29 is 23.3 Å². The summed E-state index contributed by atoms with van der Waals surface area (Å²) < 4.78 is 0. The smallest absolute Gasteiger partial charge is 0.171 e. The first-order valence-electron chi connectivity index (χ1n) is 14.2. The zero-order valence-corrected chi connectivity index (χ0v) is 29.9. The molecular weight excluding hydrogens is 647 g/mol. The maximum atomic E-state index is 3.06. The number of benzene rings is 4. The van der Waals surface area contributed by atoms with Crippen molar-refractivity contribution in [2.45, 2.75) is 52.4 Å². The number of fused-ring (bicyclic) bond motifs is 2. The van der Waals surface area contributed by atoms with Crippen molar-refractivity contribution >= 4 is 53.2 Å². The molecule has 0 atom stereocenters. The molecule has 42 heavy (non-hydrogen) atoms. The van der Waals surface area contributed by atoms with E-state index in [1.165, 1.54) is 94.5 Å². The van der Waals surface area contributed by atoms with Gasteiger partial charge >= 0.3 is 30.2 Å². The first-order chi connectivity index (χ1) is 19.8. The minimum Gasteiger partial charge on any atom is -0.184 e. The number of halogens is 2. The molecule has 0 saturated heterocycles. The van der Waals surface area contributed by atoms with E-state index < -0.39 is 0 Å². The first-order valence-corrected chi connectivity index (χ1v) is 18.3. The first kappa shape index (κ1) is 39.8. The molecule has 220 valence electrons. The second-order valence-corrected chi connectivity index (χ2v) is 9.35. The van der Waals surface area contributed by atoms with Crippen LogP contribution in [0.4, 0.5) is 0 Å². The van der Waals surface area contributed by atoms with Gasteiger partial charge in [-0.1, -0.05) is 51.7 Å². The van der Waals surface area contributed by atoms with Crippen LogP contribution in [0.2, 0.25) is 0 Å². The number of aryl methyl sites for hydroxylation is 2. The van der Waals surface area contributed by atoms with Gasteiger partial charge < -0.3 is 0 Å². The third kappa shape index (κ3) is 16.4. The van der Waals surface area contributed by atoms with E-state index in [9.17, 15) is 0 Å². The maximum Gasteiger partial charge on any atom is -0.171 e. The Labute approximate surface area is 283 Å². The monoisotopic (exact) mass is 686 g/mol. The van der Waals surface area contributed by atoms with Crippen LogP contribution in [0, 0.1) is 12.1 Å². The predicted octanol–water partition coefficient (Wildman–Crippen LogP) is 11.2. The third-order valence-electron chi connectivity index (χ3n) is 6.21. The van der Waals surface area contributed by atoms with Crippen molar-refractivity contribution in [1.82, 2.24) is 0 Å². The van der Waals surface area contributed by atoms with Gasteiger partial charge in [0, 0.05) is 0 Å². The number of hydrogen-bond acceptors (Lipinski definition) is 0. The average Bonchev–Trinajstić information content (AvgIpc) is 3.66. The summed E-state index contributed by atoms with van der Waals surface area (Å²) >= 11 is 1.36. The molecule has 0 spiro atoms. The van der Waals surface area contributed by atoms with E-state index in [1.54, 1.807) is 0 Å². The van der Waals surface area contributed by atoms with Crippen LogP contribution in [0.5, 0.6) is 0 Å². The fraction of sp³-hybridized carbons (Fsp3) is 0.211. The van der Waals surface area contributed by atoms with Crippen LogP contribution >= 0.6 is 24.8 Å². The Kier molecular flexibility index (Phi) is 25.0. The average molecular weight is 689 g/mol. The molecule has 0 bridgehead atoms. The van der Waals surface area contributed by atoms with Gasteiger partial charge in [0.25, 0.3) is 0 Å². The Hall–Kier alpha value is -2.22. The minimum atomic E-state index is 0. The molecule has 0 aliphatic rings. The molecule has 0 unspecified atom stereocenters. The minimum absolute atomic E-state index is 0. The van der Waals surface area contributed by atoms with Crippen LogP contribution in [-0.2, 0) is 36.2 Å². The zero-order chi connectivity index (χ0) is 28.7. The van der Waals surface area contributed by atoms with Crippen molar-refractivity contribution in [1.29, 1.82) is 0 Å². The fourth-order valence-electron chi connectivity index (χ4n) is 4.16. The summed E-state index contributed by atoms with van der Waals surface area (Å²) in [6, 6.07) is 51.4. The van der Waals surface area contributed by atoms with Crippen molar-refractivity contribution in [3.8, 4) is 0 Å². The molecule has 0 aliphatic carbocycles. The van der Waals surface area contributed by atoms with Gasteiger partial charge in [0.05, 0.1) is 0 Å². The molecule has 0 saturated carbocycles. The Morgan fingerprint density at radius 2 is 0.905 bits per heavy atom. The van der Waals surface area contributed by atoms with E-state index in [1.807, 2.05) is 60.7 Å². The molecule has 0 aromatic heterocycles. The molecule has 0 aliphatic heterocycles. The molecular formula is C38H42Cl2SiZr-4. The Morgan fingerprint density at radius 3 is 1.17 bits per heavy atom. The van der Waals surface area contributed by atoms with E-state index in [-0.39, 0.29) is 24.8 Å². The van der Waals surface area contributed by atoms with Crippen molar-refractivity contribution in [3.05, 3.63) is 157 Å². The SMILES string of the molecule is CCCCc1cc2ccccc2[cH-]1.CCCCc1cc2ccccc2[cH-]1.Cl.Cl.[Si]=[Zr].[c-]1ccccc1.[c-]1ccccc1. The van der Waals surface area contributed by atoms with E-state index >= 15 is 0 Å². The van der Waals surface area contributed by atoms with Gasteiger partial charge in [-0.05, 0) is 12.8 Å². The van der Waals surface area contributed by atoms with Crippen LogP contribution in [0.1, 0.15) is 50.7 Å². The quantitative estimate of drug-likeness (QED) is 0.121. The standard InChI is InChI=1S/2C13H15.2C6H5.2ClH.Si.Zr/c2*1-2-3-6-11-9-12-7-4-5-8-13(12)10-11;2*1-2-4-6-5-3-1;;;;/h2*4-5,7-10H,2-3,6H2,1H3;2*1-5H;2*1H;;/q4*-1;;;;. The van der Waals surface area contributed by atoms with Crippen LogP contribution < -0.4 is 0 Å². The summed E-state index contributed by atoms with van der Waals surface area (Å²) in [6.45, 7) is 7.54. The van der Waals surface area contributed by atoms with Crippen LogP contribution in [0.15, 0.2) is 133 Å². The summed E-state index contributed by atoms with van der Waals surface area (Å²) in [4.78, 5) is 0. The number of hydrogen-bond donors (Lipinski definition) is 0. The van der Waals surface area contributed by atoms with Gasteiger partial charge in [-0.25, -0.2) is 0 Å². The summed E-state index contributed by atoms with van der Waals surface area (Å²) in [6.07, 6.45) is 7.62. The molecule has 6 rings (SSSR count). The second-order valence-electron chi connectivity index (χ2n) is 9.35. The van der Waals surface area contributed by atoms with Gasteiger partial charge in [-0.15, -0.1) is 106 Å². The fourth-order valence-corrected chi connectivity index (χ4v) is 4.16. The summed E-state index contributed by atoms with van der Waals surface area (Å²) in [5, 5.41) is 5.53.